The third kappa shape index (κ3) is 3.10. The predicted molar refractivity (Wildman–Crippen MR) is 87.5 cm³/mol. The standard InChI is InChI=1S/C17H25N3/c1-12-9-14(7-5-6-8-18)11-15-16(20(3)4)10-13(2)19-17(12)15/h9-11H,5-8,18H2,1-4H3. The van der Waals surface area contributed by atoms with E-state index in [-0.39, 0.29) is 0 Å². The molecule has 0 spiro atoms. The van der Waals surface area contributed by atoms with E-state index in [1.165, 1.54) is 22.2 Å². The number of hydrogen-bond donors (Lipinski definition) is 1. The Kier molecular flexibility index (Phi) is 4.61. The molecule has 0 unspecified atom stereocenters. The van der Waals surface area contributed by atoms with Crippen molar-refractivity contribution in [2.24, 2.45) is 5.73 Å². The summed E-state index contributed by atoms with van der Waals surface area (Å²) in [7, 11) is 4.18. The Morgan fingerprint density at radius 3 is 2.50 bits per heavy atom. The molecule has 0 atom stereocenters. The normalized spacial score (nSPS) is 11.1. The minimum Gasteiger partial charge on any atom is -0.377 e. The van der Waals surface area contributed by atoms with Crippen LogP contribution in [-0.4, -0.2) is 25.6 Å². The highest BCUT2D eigenvalue weighted by Gasteiger charge is 2.09. The van der Waals surface area contributed by atoms with Gasteiger partial charge in [-0.25, -0.2) is 0 Å². The van der Waals surface area contributed by atoms with E-state index in [0.717, 1.165) is 37.0 Å². The van der Waals surface area contributed by atoms with Crippen molar-refractivity contribution >= 4 is 16.6 Å². The summed E-state index contributed by atoms with van der Waals surface area (Å²) in [6.45, 7) is 4.98. The van der Waals surface area contributed by atoms with Gasteiger partial charge in [-0.1, -0.05) is 6.07 Å². The van der Waals surface area contributed by atoms with Crippen LogP contribution in [0.5, 0.6) is 0 Å². The number of unbranched alkanes of at least 4 members (excludes halogenated alkanes) is 1. The van der Waals surface area contributed by atoms with Gasteiger partial charge in [-0.2, -0.15) is 0 Å². The zero-order chi connectivity index (χ0) is 14.7. The summed E-state index contributed by atoms with van der Waals surface area (Å²) in [6.07, 6.45) is 3.33. The van der Waals surface area contributed by atoms with Crippen LogP contribution in [0.15, 0.2) is 18.2 Å². The molecule has 0 aliphatic rings. The number of fused-ring (bicyclic) bond motifs is 1. The molecule has 20 heavy (non-hydrogen) atoms. The second-order valence-corrected chi connectivity index (χ2v) is 5.73. The minimum absolute atomic E-state index is 0.774. The number of benzene rings is 1. The van der Waals surface area contributed by atoms with E-state index >= 15 is 0 Å². The topological polar surface area (TPSA) is 42.1 Å². The van der Waals surface area contributed by atoms with E-state index < -0.39 is 0 Å². The summed E-state index contributed by atoms with van der Waals surface area (Å²) >= 11 is 0. The molecule has 2 N–H and O–H groups in total. The molecule has 0 fully saturated rings. The van der Waals surface area contributed by atoms with Crippen molar-refractivity contribution in [3.63, 3.8) is 0 Å². The third-order valence-corrected chi connectivity index (χ3v) is 3.67. The Balaban J connectivity index is 2.51. The molecule has 2 rings (SSSR count). The average molecular weight is 271 g/mol. The van der Waals surface area contributed by atoms with Gasteiger partial charge in [0.1, 0.15) is 0 Å². The molecule has 3 nitrogen and oxygen atoms in total. The van der Waals surface area contributed by atoms with Crippen molar-refractivity contribution in [3.05, 3.63) is 35.0 Å². The van der Waals surface area contributed by atoms with Crippen LogP contribution in [0.25, 0.3) is 10.9 Å². The van der Waals surface area contributed by atoms with Gasteiger partial charge in [-0.15, -0.1) is 0 Å². The van der Waals surface area contributed by atoms with E-state index in [1.807, 2.05) is 0 Å². The Bertz CT molecular complexity index is 603. The van der Waals surface area contributed by atoms with Crippen molar-refractivity contribution in [1.29, 1.82) is 0 Å². The fraction of sp³-hybridized carbons (Fsp3) is 0.471. The quantitative estimate of drug-likeness (QED) is 0.849. The second kappa shape index (κ2) is 6.23. The third-order valence-electron chi connectivity index (χ3n) is 3.67. The van der Waals surface area contributed by atoms with Crippen molar-refractivity contribution in [1.82, 2.24) is 4.98 Å². The highest BCUT2D eigenvalue weighted by atomic mass is 15.1. The van der Waals surface area contributed by atoms with Crippen LogP contribution < -0.4 is 10.6 Å². The lowest BCUT2D eigenvalue weighted by molar-refractivity contribution is 0.745. The lowest BCUT2D eigenvalue weighted by Gasteiger charge is -2.18. The molecule has 0 saturated carbocycles. The van der Waals surface area contributed by atoms with E-state index in [2.05, 4.69) is 51.0 Å². The number of anilines is 1. The fourth-order valence-corrected chi connectivity index (χ4v) is 2.67. The lowest BCUT2D eigenvalue weighted by atomic mass is 10.00. The SMILES string of the molecule is Cc1cc(N(C)C)c2cc(CCCCN)cc(C)c2n1. The highest BCUT2D eigenvalue weighted by molar-refractivity contribution is 5.94. The van der Waals surface area contributed by atoms with Crippen molar-refractivity contribution in [2.75, 3.05) is 25.5 Å². The Morgan fingerprint density at radius 1 is 1.10 bits per heavy atom. The molecule has 1 heterocycles. The maximum Gasteiger partial charge on any atom is 0.0755 e. The zero-order valence-electron chi connectivity index (χ0n) is 13.0. The molecule has 108 valence electrons. The number of hydrogen-bond acceptors (Lipinski definition) is 3. The summed E-state index contributed by atoms with van der Waals surface area (Å²) in [6, 6.07) is 6.72. The number of nitrogens with two attached hydrogens (primary N) is 1. The summed E-state index contributed by atoms with van der Waals surface area (Å²) in [5, 5.41) is 1.25. The largest absolute Gasteiger partial charge is 0.377 e. The highest BCUT2D eigenvalue weighted by Crippen LogP contribution is 2.29. The molecule has 0 saturated heterocycles. The van der Waals surface area contributed by atoms with Crippen molar-refractivity contribution < 1.29 is 0 Å². The Labute approximate surface area is 121 Å². The second-order valence-electron chi connectivity index (χ2n) is 5.73. The van der Waals surface area contributed by atoms with Gasteiger partial charge >= 0.3 is 0 Å². The van der Waals surface area contributed by atoms with Gasteiger partial charge in [-0.05, 0) is 62.9 Å². The number of aromatic nitrogens is 1. The summed E-state index contributed by atoms with van der Waals surface area (Å²) in [4.78, 5) is 6.88. The number of rotatable bonds is 5. The van der Waals surface area contributed by atoms with Crippen LogP contribution >= 0.6 is 0 Å². The zero-order valence-corrected chi connectivity index (χ0v) is 13.0. The smallest absolute Gasteiger partial charge is 0.0755 e. The first kappa shape index (κ1) is 14.8. The summed E-state index contributed by atoms with van der Waals surface area (Å²) in [5.74, 6) is 0. The van der Waals surface area contributed by atoms with Crippen molar-refractivity contribution in [3.8, 4) is 0 Å². The van der Waals surface area contributed by atoms with E-state index in [4.69, 9.17) is 10.7 Å². The average Bonchev–Trinajstić information content (AvgIpc) is 2.39. The molecule has 0 bridgehead atoms. The number of pyridine rings is 1. The van der Waals surface area contributed by atoms with Crippen LogP contribution in [0.1, 0.15) is 29.7 Å². The van der Waals surface area contributed by atoms with Crippen molar-refractivity contribution in [2.45, 2.75) is 33.1 Å². The minimum atomic E-state index is 0.774. The Morgan fingerprint density at radius 2 is 1.85 bits per heavy atom. The van der Waals surface area contributed by atoms with E-state index in [0.29, 0.717) is 0 Å². The fourth-order valence-electron chi connectivity index (χ4n) is 2.67. The molecular weight excluding hydrogens is 246 g/mol. The maximum atomic E-state index is 5.58. The van der Waals surface area contributed by atoms with Gasteiger partial charge in [-0.3, -0.25) is 4.98 Å². The first-order valence-corrected chi connectivity index (χ1v) is 7.31. The molecule has 2 aromatic rings. The molecule has 0 radical (unpaired) electrons. The van der Waals surface area contributed by atoms with Gasteiger partial charge < -0.3 is 10.6 Å². The molecular formula is C17H25N3. The maximum absolute atomic E-state index is 5.58. The van der Waals surface area contributed by atoms with Gasteiger partial charge in [0.15, 0.2) is 0 Å². The number of nitrogens with zero attached hydrogens (tertiary/aromatic N) is 2. The lowest BCUT2D eigenvalue weighted by Crippen LogP contribution is -2.10. The van der Waals surface area contributed by atoms with E-state index in [9.17, 15) is 0 Å². The van der Waals surface area contributed by atoms with Gasteiger partial charge in [0, 0.05) is 30.9 Å². The van der Waals surface area contributed by atoms with Gasteiger partial charge in [0.05, 0.1) is 5.52 Å². The van der Waals surface area contributed by atoms with E-state index in [1.54, 1.807) is 0 Å². The molecule has 1 aromatic carbocycles. The van der Waals surface area contributed by atoms with Crippen LogP contribution in [0.2, 0.25) is 0 Å². The summed E-state index contributed by atoms with van der Waals surface area (Å²) in [5.41, 5.74) is 11.7. The van der Waals surface area contributed by atoms with Gasteiger partial charge in [0.25, 0.3) is 0 Å². The summed E-state index contributed by atoms with van der Waals surface area (Å²) < 4.78 is 0. The first-order chi connectivity index (χ1) is 9.52. The molecule has 0 amide bonds. The first-order valence-electron chi connectivity index (χ1n) is 7.31. The molecule has 3 heteroatoms. The van der Waals surface area contributed by atoms with Crippen LogP contribution in [0.4, 0.5) is 5.69 Å². The van der Waals surface area contributed by atoms with Crippen LogP contribution in [-0.2, 0) is 6.42 Å². The number of aryl methyl sites for hydroxylation is 3. The van der Waals surface area contributed by atoms with Crippen LogP contribution in [0.3, 0.4) is 0 Å². The molecule has 0 aliphatic heterocycles. The van der Waals surface area contributed by atoms with Crippen LogP contribution in [0, 0.1) is 13.8 Å². The Hall–Kier alpha value is -1.61. The molecule has 0 aliphatic carbocycles. The molecule has 1 aromatic heterocycles. The van der Waals surface area contributed by atoms with Gasteiger partial charge in [0.2, 0.25) is 0 Å². The monoisotopic (exact) mass is 271 g/mol. The predicted octanol–water partition coefficient (Wildman–Crippen LogP) is 3.20.